The minimum absolute atomic E-state index is 0.0402. The van der Waals surface area contributed by atoms with Gasteiger partial charge in [0.15, 0.2) is 0 Å². The third-order valence-electron chi connectivity index (χ3n) is 7.85. The number of rotatable bonds is 8. The molecular weight excluding hydrogens is 573 g/mol. The molecule has 2 amide bonds. The molecule has 0 radical (unpaired) electrons. The Morgan fingerprint density at radius 3 is 2.36 bits per heavy atom. The second kappa shape index (κ2) is 13.1. The Bertz CT molecular complexity index is 1470. The molecule has 13 heteroatoms. The summed E-state index contributed by atoms with van der Waals surface area (Å²) in [6.45, 7) is 8.10. The number of benzene rings is 1. The molecule has 1 saturated heterocycles. The Balaban J connectivity index is 1.24. The highest BCUT2D eigenvalue weighted by atomic mass is 19.4. The summed E-state index contributed by atoms with van der Waals surface area (Å²) in [5, 5.41) is 8.68. The van der Waals surface area contributed by atoms with Crippen molar-refractivity contribution in [2.45, 2.75) is 58.3 Å². The van der Waals surface area contributed by atoms with Gasteiger partial charge >= 0.3 is 6.18 Å². The smallest absolute Gasteiger partial charge is 0.366 e. The number of hydrogen-bond donors (Lipinski definition) is 3. The Labute approximate surface area is 254 Å². The first-order valence-electron chi connectivity index (χ1n) is 14.8. The fourth-order valence-corrected chi connectivity index (χ4v) is 5.62. The molecule has 1 aromatic carbocycles. The molecule has 2 aliphatic rings. The molecule has 1 aliphatic heterocycles. The van der Waals surface area contributed by atoms with Gasteiger partial charge in [-0.1, -0.05) is 12.5 Å². The van der Waals surface area contributed by atoms with E-state index in [1.165, 1.54) is 0 Å². The predicted molar refractivity (Wildman–Crippen MR) is 162 cm³/mol. The Morgan fingerprint density at radius 2 is 1.70 bits per heavy atom. The lowest BCUT2D eigenvalue weighted by atomic mass is 10.0. The van der Waals surface area contributed by atoms with Crippen LogP contribution < -0.4 is 20.9 Å². The Hall–Kier alpha value is -4.42. The molecule has 3 N–H and O–H groups in total. The van der Waals surface area contributed by atoms with Gasteiger partial charge in [0.1, 0.15) is 17.2 Å². The van der Waals surface area contributed by atoms with Gasteiger partial charge in [-0.25, -0.2) is 9.97 Å². The van der Waals surface area contributed by atoms with Crippen LogP contribution in [-0.2, 0) is 11.0 Å². The molecule has 234 valence electrons. The van der Waals surface area contributed by atoms with E-state index in [0.29, 0.717) is 50.3 Å². The Morgan fingerprint density at radius 1 is 0.977 bits per heavy atom. The van der Waals surface area contributed by atoms with Gasteiger partial charge in [-0.3, -0.25) is 9.59 Å². The van der Waals surface area contributed by atoms with Crippen molar-refractivity contribution in [3.8, 4) is 0 Å². The molecule has 1 saturated carbocycles. The fraction of sp³-hybridized carbons (Fsp3) is 0.452. The van der Waals surface area contributed by atoms with Crippen LogP contribution in [0.1, 0.15) is 54.7 Å². The van der Waals surface area contributed by atoms with Gasteiger partial charge in [0.2, 0.25) is 11.9 Å². The number of anilines is 4. The molecule has 0 spiro atoms. The van der Waals surface area contributed by atoms with Crippen molar-refractivity contribution in [2.75, 3.05) is 41.7 Å². The summed E-state index contributed by atoms with van der Waals surface area (Å²) in [7, 11) is 0. The average Bonchev–Trinajstić information content (AvgIpc) is 3.45. The lowest BCUT2D eigenvalue weighted by Gasteiger charge is -2.35. The van der Waals surface area contributed by atoms with Gasteiger partial charge in [-0.2, -0.15) is 18.2 Å². The highest BCUT2D eigenvalue weighted by molar-refractivity contribution is 5.94. The standard InChI is InChI=1S/C31H37F3N8O2/c1-19(2)36-28(43)23-7-5-8-25(23)39-27-24(31(32,33)34)18-35-30(40-27)38-22-12-10-21(11-13-22)29(44)42-16-14-41(15-17-42)26-9-4-6-20(3)37-26/h4,6,9-13,18-19,23,25H,5,7-8,14-17H2,1-3H3,(H,36,43)(H2,35,38,39,40)/t23-,25+/m0/s1. The number of carbonyl (C=O) groups is 2. The zero-order valence-electron chi connectivity index (χ0n) is 25.0. The number of alkyl halides is 3. The number of aromatic nitrogens is 3. The van der Waals surface area contributed by atoms with Crippen LogP contribution in [0.5, 0.6) is 0 Å². The van der Waals surface area contributed by atoms with Crippen LogP contribution in [0.15, 0.2) is 48.7 Å². The molecule has 1 aliphatic carbocycles. The first-order chi connectivity index (χ1) is 21.0. The van der Waals surface area contributed by atoms with Gasteiger partial charge < -0.3 is 25.8 Å². The molecule has 2 fully saturated rings. The van der Waals surface area contributed by atoms with Gasteiger partial charge in [0, 0.05) is 61.4 Å². The lowest BCUT2D eigenvalue weighted by Crippen LogP contribution is -2.49. The molecule has 10 nitrogen and oxygen atoms in total. The van der Waals surface area contributed by atoms with Crippen LogP contribution in [0.2, 0.25) is 0 Å². The number of nitrogens with zero attached hydrogens (tertiary/aromatic N) is 5. The summed E-state index contributed by atoms with van der Waals surface area (Å²) in [5.41, 5.74) is 0.952. The van der Waals surface area contributed by atoms with E-state index in [4.69, 9.17) is 0 Å². The van der Waals surface area contributed by atoms with Crippen LogP contribution >= 0.6 is 0 Å². The summed E-state index contributed by atoms with van der Waals surface area (Å²) in [4.78, 5) is 42.4. The number of aryl methyl sites for hydroxylation is 1. The highest BCUT2D eigenvalue weighted by Gasteiger charge is 2.39. The fourth-order valence-electron chi connectivity index (χ4n) is 5.62. The first kappa shape index (κ1) is 31.0. The van der Waals surface area contributed by atoms with Gasteiger partial charge in [0.05, 0.1) is 5.92 Å². The summed E-state index contributed by atoms with van der Waals surface area (Å²) in [6.07, 6.45) is -2.10. The van der Waals surface area contributed by atoms with Gasteiger partial charge in [-0.05, 0) is 70.0 Å². The maximum absolute atomic E-state index is 13.8. The van der Waals surface area contributed by atoms with Crippen molar-refractivity contribution in [3.63, 3.8) is 0 Å². The summed E-state index contributed by atoms with van der Waals surface area (Å²) in [5.74, 6) is -0.264. The number of amides is 2. The zero-order valence-corrected chi connectivity index (χ0v) is 25.0. The summed E-state index contributed by atoms with van der Waals surface area (Å²) < 4.78 is 41.5. The van der Waals surface area contributed by atoms with Crippen LogP contribution in [-0.4, -0.2) is 69.9 Å². The second-order valence-corrected chi connectivity index (χ2v) is 11.5. The van der Waals surface area contributed by atoms with Crippen LogP contribution in [0.3, 0.4) is 0 Å². The number of nitrogens with one attached hydrogen (secondary N) is 3. The van der Waals surface area contributed by atoms with Gasteiger partial charge in [-0.15, -0.1) is 0 Å². The number of pyridine rings is 1. The normalized spacial score (nSPS) is 18.8. The van der Waals surface area contributed by atoms with E-state index in [9.17, 15) is 22.8 Å². The second-order valence-electron chi connectivity index (χ2n) is 11.5. The number of piperazine rings is 1. The maximum atomic E-state index is 13.8. The molecule has 2 aromatic heterocycles. The van der Waals surface area contributed by atoms with Crippen molar-refractivity contribution in [2.24, 2.45) is 5.92 Å². The van der Waals surface area contributed by atoms with E-state index in [1.54, 1.807) is 29.2 Å². The highest BCUT2D eigenvalue weighted by Crippen LogP contribution is 2.37. The zero-order chi connectivity index (χ0) is 31.4. The number of hydrogen-bond acceptors (Lipinski definition) is 8. The molecule has 5 rings (SSSR count). The van der Waals surface area contributed by atoms with Crippen molar-refractivity contribution in [1.82, 2.24) is 25.2 Å². The van der Waals surface area contributed by atoms with Crippen LogP contribution in [0, 0.1) is 12.8 Å². The quantitative estimate of drug-likeness (QED) is 0.326. The van der Waals surface area contributed by atoms with Crippen LogP contribution in [0.25, 0.3) is 0 Å². The monoisotopic (exact) mass is 610 g/mol. The van der Waals surface area contributed by atoms with E-state index < -0.39 is 23.7 Å². The van der Waals surface area contributed by atoms with Crippen molar-refractivity contribution < 1.29 is 22.8 Å². The number of carbonyl (C=O) groups excluding carboxylic acids is 2. The molecule has 3 aromatic rings. The van der Waals surface area contributed by atoms with E-state index in [0.717, 1.165) is 24.1 Å². The molecule has 44 heavy (non-hydrogen) atoms. The number of halogens is 3. The molecule has 0 bridgehead atoms. The topological polar surface area (TPSA) is 115 Å². The predicted octanol–water partition coefficient (Wildman–Crippen LogP) is 5.01. The van der Waals surface area contributed by atoms with Gasteiger partial charge in [0.25, 0.3) is 5.91 Å². The van der Waals surface area contributed by atoms with E-state index in [2.05, 4.69) is 35.8 Å². The third kappa shape index (κ3) is 7.37. The third-order valence-corrected chi connectivity index (χ3v) is 7.85. The molecule has 3 heterocycles. The summed E-state index contributed by atoms with van der Waals surface area (Å²) >= 11 is 0. The lowest BCUT2D eigenvalue weighted by molar-refractivity contribution is -0.137. The molecule has 0 unspecified atom stereocenters. The minimum Gasteiger partial charge on any atom is -0.366 e. The van der Waals surface area contributed by atoms with Crippen molar-refractivity contribution in [3.05, 3.63) is 65.5 Å². The van der Waals surface area contributed by atoms with Crippen molar-refractivity contribution in [1.29, 1.82) is 0 Å². The van der Waals surface area contributed by atoms with E-state index in [1.807, 2.05) is 39.0 Å². The average molecular weight is 611 g/mol. The maximum Gasteiger partial charge on any atom is 0.421 e. The van der Waals surface area contributed by atoms with Crippen LogP contribution in [0.4, 0.5) is 36.4 Å². The molecule has 2 atom stereocenters. The van der Waals surface area contributed by atoms with E-state index >= 15 is 0 Å². The summed E-state index contributed by atoms with van der Waals surface area (Å²) in [6, 6.07) is 12.0. The first-order valence-corrected chi connectivity index (χ1v) is 14.8. The Kier molecular flexibility index (Phi) is 9.21. The largest absolute Gasteiger partial charge is 0.421 e. The molecular formula is C31H37F3N8O2. The van der Waals surface area contributed by atoms with Crippen molar-refractivity contribution >= 4 is 35.1 Å². The SMILES string of the molecule is Cc1cccc(N2CCN(C(=O)c3ccc(Nc4ncc(C(F)(F)F)c(N[C@@H]5CCC[C@@H]5C(=O)NC(C)C)n4)cc3)CC2)n1. The van der Waals surface area contributed by atoms with E-state index in [-0.39, 0.29) is 29.6 Å². The minimum atomic E-state index is -4.68.